The Balaban J connectivity index is 1.90. The second-order valence-electron chi connectivity index (χ2n) is 6.62. The number of para-hydroxylation sites is 1. The van der Waals surface area contributed by atoms with Gasteiger partial charge in [-0.25, -0.2) is 14.8 Å². The maximum atomic E-state index is 11.9. The lowest BCUT2D eigenvalue weighted by Crippen LogP contribution is -2.37. The van der Waals surface area contributed by atoms with Gasteiger partial charge in [-0.3, -0.25) is 4.79 Å². The summed E-state index contributed by atoms with van der Waals surface area (Å²) in [5, 5.41) is 20.3. The number of carbonyl (C=O) groups is 2. The number of anilines is 1. The number of carboxylic acid groups (broad SMARTS) is 1. The molecule has 0 aliphatic carbocycles. The summed E-state index contributed by atoms with van der Waals surface area (Å²) < 4.78 is 10.9. The summed E-state index contributed by atoms with van der Waals surface area (Å²) >= 11 is 0. The number of aliphatic hydroxyl groups is 1. The number of furan rings is 1. The first kappa shape index (κ1) is 18.2. The number of aromatic nitrogens is 2. The van der Waals surface area contributed by atoms with Crippen molar-refractivity contribution in [1.29, 1.82) is 0 Å². The summed E-state index contributed by atoms with van der Waals surface area (Å²) in [5.41, 5.74) is 1.40. The lowest BCUT2D eigenvalue weighted by atomic mass is 10.2. The van der Waals surface area contributed by atoms with E-state index in [4.69, 9.17) is 9.15 Å². The minimum atomic E-state index is -1.06. The van der Waals surface area contributed by atoms with Gasteiger partial charge in [0.25, 0.3) is 0 Å². The van der Waals surface area contributed by atoms with Crippen molar-refractivity contribution in [2.75, 3.05) is 18.1 Å². The van der Waals surface area contributed by atoms with Gasteiger partial charge in [-0.1, -0.05) is 12.1 Å². The van der Waals surface area contributed by atoms with Crippen molar-refractivity contribution in [2.45, 2.75) is 31.9 Å². The van der Waals surface area contributed by atoms with Crippen LogP contribution in [0.4, 0.5) is 5.82 Å². The Labute approximate surface area is 159 Å². The molecule has 0 radical (unpaired) electrons. The molecule has 146 valence electrons. The van der Waals surface area contributed by atoms with Gasteiger partial charge in [0.15, 0.2) is 11.4 Å². The minimum Gasteiger partial charge on any atom is -0.480 e. The van der Waals surface area contributed by atoms with Gasteiger partial charge in [0.1, 0.15) is 29.4 Å². The van der Waals surface area contributed by atoms with Crippen molar-refractivity contribution >= 4 is 39.8 Å². The monoisotopic (exact) mass is 385 g/mol. The molecule has 0 saturated carbocycles. The Morgan fingerprint density at radius 3 is 2.86 bits per heavy atom. The SMILES string of the molecule is CCOC(=O)Cc1nc(N2C[C@@H](O)C[C@H]2C(=O)O)c2oc3ccccc3c2n1. The van der Waals surface area contributed by atoms with Gasteiger partial charge in [-0.2, -0.15) is 0 Å². The third-order valence-electron chi connectivity index (χ3n) is 4.69. The first-order chi connectivity index (χ1) is 13.5. The van der Waals surface area contributed by atoms with Crippen molar-refractivity contribution in [2.24, 2.45) is 0 Å². The molecule has 1 aliphatic heterocycles. The predicted molar refractivity (Wildman–Crippen MR) is 99.0 cm³/mol. The molecule has 1 aliphatic rings. The van der Waals surface area contributed by atoms with E-state index in [1.165, 1.54) is 4.90 Å². The predicted octanol–water partition coefficient (Wildman–Crippen LogP) is 1.51. The standard InChI is InChI=1S/C19H19N3O6/c1-2-27-15(24)8-14-20-16-11-5-3-4-6-13(11)28-17(16)18(21-14)22-9-10(23)7-12(22)19(25)26/h3-6,10,12,23H,2,7-9H2,1H3,(H,25,26)/t10-,12-/m0/s1. The smallest absolute Gasteiger partial charge is 0.326 e. The third-order valence-corrected chi connectivity index (χ3v) is 4.69. The molecule has 0 spiro atoms. The fourth-order valence-corrected chi connectivity index (χ4v) is 3.52. The normalized spacial score (nSPS) is 19.4. The van der Waals surface area contributed by atoms with E-state index >= 15 is 0 Å². The van der Waals surface area contributed by atoms with Gasteiger partial charge in [0.2, 0.25) is 0 Å². The van der Waals surface area contributed by atoms with E-state index in [9.17, 15) is 19.8 Å². The van der Waals surface area contributed by atoms with Gasteiger partial charge in [-0.05, 0) is 19.1 Å². The van der Waals surface area contributed by atoms with Gasteiger partial charge < -0.3 is 24.3 Å². The molecular weight excluding hydrogens is 366 g/mol. The zero-order chi connectivity index (χ0) is 19.8. The molecule has 28 heavy (non-hydrogen) atoms. The van der Waals surface area contributed by atoms with Gasteiger partial charge in [0, 0.05) is 18.4 Å². The number of rotatable bonds is 5. The molecule has 0 unspecified atom stereocenters. The first-order valence-electron chi connectivity index (χ1n) is 8.99. The van der Waals surface area contributed by atoms with Crippen molar-refractivity contribution in [3.63, 3.8) is 0 Å². The lowest BCUT2D eigenvalue weighted by Gasteiger charge is -2.22. The van der Waals surface area contributed by atoms with Crippen molar-refractivity contribution in [1.82, 2.24) is 9.97 Å². The topological polar surface area (TPSA) is 126 Å². The molecular formula is C19H19N3O6. The van der Waals surface area contributed by atoms with Crippen molar-refractivity contribution in [3.8, 4) is 0 Å². The van der Waals surface area contributed by atoms with Crippen LogP contribution in [-0.2, 0) is 20.7 Å². The highest BCUT2D eigenvalue weighted by atomic mass is 16.5. The van der Waals surface area contributed by atoms with E-state index in [0.717, 1.165) is 5.39 Å². The number of ether oxygens (including phenoxy) is 1. The molecule has 9 nitrogen and oxygen atoms in total. The summed E-state index contributed by atoms with van der Waals surface area (Å²) in [6, 6.07) is 6.32. The molecule has 4 rings (SSSR count). The van der Waals surface area contributed by atoms with Crippen LogP contribution in [0.5, 0.6) is 0 Å². The van der Waals surface area contributed by atoms with Crippen LogP contribution in [-0.4, -0.2) is 57.4 Å². The molecule has 3 heterocycles. The minimum absolute atomic E-state index is 0.0776. The number of β-amino-alcohol motifs (C(OH)–C–C–N with tert-alkyl or cyclic N) is 1. The van der Waals surface area contributed by atoms with E-state index in [1.807, 2.05) is 18.2 Å². The van der Waals surface area contributed by atoms with E-state index in [1.54, 1.807) is 13.0 Å². The fourth-order valence-electron chi connectivity index (χ4n) is 3.52. The van der Waals surface area contributed by atoms with Crippen LogP contribution in [0.15, 0.2) is 28.7 Å². The number of esters is 1. The quantitative estimate of drug-likeness (QED) is 0.628. The Morgan fingerprint density at radius 2 is 2.11 bits per heavy atom. The molecule has 0 amide bonds. The van der Waals surface area contributed by atoms with Crippen LogP contribution < -0.4 is 4.90 Å². The molecule has 1 saturated heterocycles. The average Bonchev–Trinajstić information content (AvgIpc) is 3.22. The summed E-state index contributed by atoms with van der Waals surface area (Å²) in [7, 11) is 0. The summed E-state index contributed by atoms with van der Waals surface area (Å²) in [6.07, 6.45) is -0.873. The van der Waals surface area contributed by atoms with Crippen molar-refractivity contribution in [3.05, 3.63) is 30.1 Å². The number of hydrogen-bond donors (Lipinski definition) is 2. The summed E-state index contributed by atoms with van der Waals surface area (Å²) in [5.74, 6) is -1.08. The van der Waals surface area contributed by atoms with Crippen molar-refractivity contribution < 1.29 is 29.0 Å². The Hall–Kier alpha value is -3.20. The second-order valence-corrected chi connectivity index (χ2v) is 6.62. The average molecular weight is 385 g/mol. The highest BCUT2D eigenvalue weighted by molar-refractivity contribution is 6.06. The van der Waals surface area contributed by atoms with Gasteiger partial charge in [0.05, 0.1) is 12.7 Å². The number of aliphatic carboxylic acids is 1. The van der Waals surface area contributed by atoms with Crippen LogP contribution in [0, 0.1) is 0 Å². The summed E-state index contributed by atoms with van der Waals surface area (Å²) in [6.45, 7) is 2.04. The molecule has 2 aromatic heterocycles. The highest BCUT2D eigenvalue weighted by Gasteiger charge is 2.38. The number of carbonyl (C=O) groups excluding carboxylic acids is 1. The third kappa shape index (κ3) is 3.13. The number of hydrogen-bond acceptors (Lipinski definition) is 8. The van der Waals surface area contributed by atoms with Gasteiger partial charge in [-0.15, -0.1) is 0 Å². The maximum Gasteiger partial charge on any atom is 0.326 e. The number of aliphatic hydroxyl groups excluding tert-OH is 1. The van der Waals surface area contributed by atoms with Gasteiger partial charge >= 0.3 is 11.9 Å². The number of nitrogens with zero attached hydrogens (tertiary/aromatic N) is 3. The molecule has 0 bridgehead atoms. The Morgan fingerprint density at radius 1 is 1.32 bits per heavy atom. The lowest BCUT2D eigenvalue weighted by molar-refractivity contribution is -0.142. The Bertz CT molecular complexity index is 1060. The zero-order valence-corrected chi connectivity index (χ0v) is 15.2. The molecule has 9 heteroatoms. The van der Waals surface area contributed by atoms with Crippen LogP contribution in [0.2, 0.25) is 0 Å². The molecule has 2 atom stereocenters. The van der Waals surface area contributed by atoms with E-state index in [2.05, 4.69) is 9.97 Å². The zero-order valence-electron chi connectivity index (χ0n) is 15.2. The molecule has 1 fully saturated rings. The second kappa shape index (κ2) is 7.08. The van der Waals surface area contributed by atoms with Crippen LogP contribution >= 0.6 is 0 Å². The fraction of sp³-hybridized carbons (Fsp3) is 0.368. The highest BCUT2D eigenvalue weighted by Crippen LogP contribution is 2.36. The number of fused-ring (bicyclic) bond motifs is 3. The first-order valence-corrected chi connectivity index (χ1v) is 8.99. The molecule has 2 N–H and O–H groups in total. The molecule has 3 aromatic rings. The number of benzene rings is 1. The van der Waals surface area contributed by atoms with E-state index in [0.29, 0.717) is 16.7 Å². The summed E-state index contributed by atoms with van der Waals surface area (Å²) in [4.78, 5) is 34.0. The Kier molecular flexibility index (Phi) is 4.60. The van der Waals surface area contributed by atoms with E-state index in [-0.39, 0.29) is 37.6 Å². The largest absolute Gasteiger partial charge is 0.480 e. The molecule has 1 aromatic carbocycles. The number of carboxylic acids is 1. The van der Waals surface area contributed by atoms with Crippen LogP contribution in [0.1, 0.15) is 19.2 Å². The maximum absolute atomic E-state index is 11.9. The van der Waals surface area contributed by atoms with E-state index < -0.39 is 24.1 Å². The van der Waals surface area contributed by atoms with Crippen LogP contribution in [0.3, 0.4) is 0 Å². The van der Waals surface area contributed by atoms with Crippen LogP contribution in [0.25, 0.3) is 22.1 Å².